The zero-order chi connectivity index (χ0) is 8.44. The third kappa shape index (κ3) is 1.27. The van der Waals surface area contributed by atoms with Gasteiger partial charge in [0.2, 0.25) is 0 Å². The van der Waals surface area contributed by atoms with E-state index in [0.717, 1.165) is 0 Å². The first-order valence-corrected chi connectivity index (χ1v) is 5.23. The highest BCUT2D eigenvalue weighted by molar-refractivity contribution is 4.96. The van der Waals surface area contributed by atoms with Crippen molar-refractivity contribution < 1.29 is 5.11 Å². The predicted molar refractivity (Wildman–Crippen MR) is 49.1 cm³/mol. The Hall–Kier alpha value is -0.0800. The Labute approximate surface area is 74.6 Å². The Morgan fingerprint density at radius 3 is 2.58 bits per heavy atom. The van der Waals surface area contributed by atoms with Crippen molar-refractivity contribution in [1.29, 1.82) is 0 Å². The van der Waals surface area contributed by atoms with Crippen LogP contribution in [0.15, 0.2) is 0 Å². The van der Waals surface area contributed by atoms with E-state index in [-0.39, 0.29) is 5.54 Å². The first kappa shape index (κ1) is 8.52. The van der Waals surface area contributed by atoms with Gasteiger partial charge in [0.05, 0.1) is 6.61 Å². The van der Waals surface area contributed by atoms with Crippen molar-refractivity contribution in [3.8, 4) is 0 Å². The molecule has 1 N–H and O–H groups in total. The van der Waals surface area contributed by atoms with E-state index in [1.807, 2.05) is 0 Å². The Bertz CT molecular complexity index is 160. The molecule has 0 radical (unpaired) electrons. The third-order valence-electron chi connectivity index (χ3n) is 3.61. The molecule has 2 saturated heterocycles. The normalized spacial score (nSPS) is 37.8. The van der Waals surface area contributed by atoms with Crippen LogP contribution in [0, 0.1) is 0 Å². The summed E-state index contributed by atoms with van der Waals surface area (Å²) in [6.45, 7) is 2.83. The maximum Gasteiger partial charge on any atom is 0.0615 e. The monoisotopic (exact) mass is 169 g/mol. The summed E-state index contributed by atoms with van der Waals surface area (Å²) in [7, 11) is 0. The first-order chi connectivity index (χ1) is 5.87. The molecule has 1 unspecified atom stereocenters. The minimum Gasteiger partial charge on any atom is -0.394 e. The summed E-state index contributed by atoms with van der Waals surface area (Å²) in [6, 6.07) is 0. The molecule has 2 heteroatoms. The largest absolute Gasteiger partial charge is 0.394 e. The molecule has 0 amide bonds. The van der Waals surface area contributed by atoms with Crippen LogP contribution < -0.4 is 0 Å². The first-order valence-electron chi connectivity index (χ1n) is 5.23. The predicted octanol–water partition coefficient (Wildman–Crippen LogP) is 1.39. The highest BCUT2D eigenvalue weighted by atomic mass is 16.3. The number of fused-ring (bicyclic) bond motifs is 1. The Kier molecular flexibility index (Phi) is 2.37. The van der Waals surface area contributed by atoms with Crippen molar-refractivity contribution in [2.45, 2.75) is 44.1 Å². The SMILES string of the molecule is OCC12CCCCCN1CCC2. The van der Waals surface area contributed by atoms with Crippen LogP contribution in [0.2, 0.25) is 0 Å². The average Bonchev–Trinajstić information content (AvgIpc) is 2.40. The highest BCUT2D eigenvalue weighted by Gasteiger charge is 2.40. The van der Waals surface area contributed by atoms with Crippen molar-refractivity contribution in [3.05, 3.63) is 0 Å². The van der Waals surface area contributed by atoms with Crippen molar-refractivity contribution in [3.63, 3.8) is 0 Å². The van der Waals surface area contributed by atoms with Crippen LogP contribution >= 0.6 is 0 Å². The fraction of sp³-hybridized carbons (Fsp3) is 1.00. The number of aliphatic hydroxyl groups excluding tert-OH is 1. The van der Waals surface area contributed by atoms with Gasteiger partial charge in [-0.15, -0.1) is 0 Å². The number of aliphatic hydroxyl groups is 1. The van der Waals surface area contributed by atoms with E-state index < -0.39 is 0 Å². The van der Waals surface area contributed by atoms with Crippen molar-refractivity contribution in [2.75, 3.05) is 19.7 Å². The van der Waals surface area contributed by atoms with Crippen LogP contribution in [-0.4, -0.2) is 35.2 Å². The van der Waals surface area contributed by atoms with E-state index in [4.69, 9.17) is 0 Å². The van der Waals surface area contributed by atoms with Gasteiger partial charge in [-0.25, -0.2) is 0 Å². The zero-order valence-electron chi connectivity index (χ0n) is 7.76. The lowest BCUT2D eigenvalue weighted by molar-refractivity contribution is 0.0646. The second-order valence-electron chi connectivity index (χ2n) is 4.28. The second kappa shape index (κ2) is 3.35. The number of hydrogen-bond donors (Lipinski definition) is 1. The van der Waals surface area contributed by atoms with Crippen molar-refractivity contribution in [1.82, 2.24) is 4.90 Å². The molecule has 0 aromatic rings. The van der Waals surface area contributed by atoms with Gasteiger partial charge in [0.25, 0.3) is 0 Å². The standard InChI is InChI=1S/C10H19NO/c12-9-10-5-2-1-3-7-11(10)8-4-6-10/h12H,1-9H2. The van der Waals surface area contributed by atoms with Gasteiger partial charge in [-0.3, -0.25) is 4.90 Å². The summed E-state index contributed by atoms with van der Waals surface area (Å²) in [6.07, 6.45) is 7.75. The van der Waals surface area contributed by atoms with E-state index in [1.54, 1.807) is 0 Å². The van der Waals surface area contributed by atoms with Gasteiger partial charge < -0.3 is 5.11 Å². The molecule has 2 aliphatic heterocycles. The summed E-state index contributed by atoms with van der Waals surface area (Å²) < 4.78 is 0. The van der Waals surface area contributed by atoms with Crippen LogP contribution in [0.5, 0.6) is 0 Å². The lowest BCUT2D eigenvalue weighted by atomic mass is 9.92. The summed E-state index contributed by atoms with van der Waals surface area (Å²) in [5.41, 5.74) is 0.205. The molecule has 70 valence electrons. The minimum atomic E-state index is 0.205. The van der Waals surface area contributed by atoms with Gasteiger partial charge in [-0.05, 0) is 38.8 Å². The zero-order valence-corrected chi connectivity index (χ0v) is 7.76. The smallest absolute Gasteiger partial charge is 0.0615 e. The van der Waals surface area contributed by atoms with E-state index in [0.29, 0.717) is 6.61 Å². The molecule has 0 aliphatic carbocycles. The Balaban J connectivity index is 2.11. The molecule has 0 aromatic heterocycles. The van der Waals surface area contributed by atoms with Gasteiger partial charge in [-0.2, -0.15) is 0 Å². The fourth-order valence-electron chi connectivity index (χ4n) is 2.82. The van der Waals surface area contributed by atoms with Crippen molar-refractivity contribution >= 4 is 0 Å². The number of hydrogen-bond acceptors (Lipinski definition) is 2. The molecular formula is C10H19NO. The lowest BCUT2D eigenvalue weighted by Gasteiger charge is -2.35. The summed E-state index contributed by atoms with van der Waals surface area (Å²) in [5, 5.41) is 9.44. The van der Waals surface area contributed by atoms with Crippen LogP contribution in [0.3, 0.4) is 0 Å². The Morgan fingerprint density at radius 2 is 1.75 bits per heavy atom. The van der Waals surface area contributed by atoms with Gasteiger partial charge >= 0.3 is 0 Å². The van der Waals surface area contributed by atoms with E-state index >= 15 is 0 Å². The highest BCUT2D eigenvalue weighted by Crippen LogP contribution is 2.35. The molecule has 2 nitrogen and oxygen atoms in total. The summed E-state index contributed by atoms with van der Waals surface area (Å²) in [5.74, 6) is 0. The maximum absolute atomic E-state index is 9.44. The molecule has 1 atom stereocenters. The average molecular weight is 169 g/mol. The molecule has 0 saturated carbocycles. The van der Waals surface area contributed by atoms with E-state index in [9.17, 15) is 5.11 Å². The molecule has 0 aromatic carbocycles. The number of nitrogens with zero attached hydrogens (tertiary/aromatic N) is 1. The molecule has 2 aliphatic rings. The molecule has 0 spiro atoms. The molecule has 2 rings (SSSR count). The topological polar surface area (TPSA) is 23.5 Å². The third-order valence-corrected chi connectivity index (χ3v) is 3.61. The van der Waals surface area contributed by atoms with Crippen LogP contribution in [0.25, 0.3) is 0 Å². The summed E-state index contributed by atoms with van der Waals surface area (Å²) in [4.78, 5) is 2.53. The van der Waals surface area contributed by atoms with E-state index in [2.05, 4.69) is 4.90 Å². The maximum atomic E-state index is 9.44. The van der Waals surface area contributed by atoms with Crippen LogP contribution in [0.4, 0.5) is 0 Å². The lowest BCUT2D eigenvalue weighted by Crippen LogP contribution is -2.46. The van der Waals surface area contributed by atoms with Crippen LogP contribution in [-0.2, 0) is 0 Å². The second-order valence-corrected chi connectivity index (χ2v) is 4.28. The van der Waals surface area contributed by atoms with Gasteiger partial charge in [0.15, 0.2) is 0 Å². The molecule has 2 fully saturated rings. The molecule has 0 bridgehead atoms. The number of rotatable bonds is 1. The summed E-state index contributed by atoms with van der Waals surface area (Å²) >= 11 is 0. The molecule has 2 heterocycles. The fourth-order valence-corrected chi connectivity index (χ4v) is 2.82. The van der Waals surface area contributed by atoms with Crippen LogP contribution in [0.1, 0.15) is 38.5 Å². The van der Waals surface area contributed by atoms with E-state index in [1.165, 1.54) is 51.6 Å². The quantitative estimate of drug-likeness (QED) is 0.641. The molecular weight excluding hydrogens is 150 g/mol. The van der Waals surface area contributed by atoms with Crippen molar-refractivity contribution in [2.24, 2.45) is 0 Å². The Morgan fingerprint density at radius 1 is 1.00 bits per heavy atom. The van der Waals surface area contributed by atoms with Gasteiger partial charge in [0, 0.05) is 5.54 Å². The van der Waals surface area contributed by atoms with Gasteiger partial charge in [-0.1, -0.05) is 12.8 Å². The minimum absolute atomic E-state index is 0.205. The molecule has 12 heavy (non-hydrogen) atoms. The van der Waals surface area contributed by atoms with Gasteiger partial charge in [0.1, 0.15) is 0 Å².